The van der Waals surface area contributed by atoms with E-state index in [1.807, 2.05) is 19.1 Å². The normalized spacial score (nSPS) is 10.5. The first-order valence-corrected chi connectivity index (χ1v) is 8.82. The third-order valence-corrected chi connectivity index (χ3v) is 4.33. The molecule has 0 aliphatic heterocycles. The van der Waals surface area contributed by atoms with Crippen molar-refractivity contribution in [3.8, 4) is 5.75 Å². The average molecular weight is 493 g/mol. The number of benzene rings is 2. The van der Waals surface area contributed by atoms with Gasteiger partial charge in [-0.1, -0.05) is 6.07 Å². The van der Waals surface area contributed by atoms with Gasteiger partial charge in [-0.15, -0.1) is 0 Å². The largest absolute Gasteiger partial charge is 0.452 e. The number of aryl methyl sites for hydroxylation is 1. The van der Waals surface area contributed by atoms with Crippen LogP contribution in [0.4, 0.5) is 14.5 Å². The maximum Gasteiger partial charge on any atom is 0.387 e. The maximum absolute atomic E-state index is 12.2. The third-order valence-electron chi connectivity index (χ3n) is 3.08. The molecule has 0 radical (unpaired) electrons. The summed E-state index contributed by atoms with van der Waals surface area (Å²) < 4.78 is 34.9. The molecule has 2 aromatic carbocycles. The molecule has 0 spiro atoms. The zero-order valence-corrected chi connectivity index (χ0v) is 16.6. The molecule has 0 aliphatic carbocycles. The Bertz CT molecular complexity index is 807. The third kappa shape index (κ3) is 5.77. The molecule has 138 valence electrons. The van der Waals surface area contributed by atoms with Crippen LogP contribution in [0, 0.1) is 6.92 Å². The van der Waals surface area contributed by atoms with E-state index < -0.39 is 25.1 Å². The number of hydrogen-bond donors (Lipinski definition) is 1. The number of amides is 1. The highest BCUT2D eigenvalue weighted by Gasteiger charge is 2.14. The van der Waals surface area contributed by atoms with Crippen LogP contribution in [-0.4, -0.2) is 25.1 Å². The monoisotopic (exact) mass is 491 g/mol. The first-order valence-electron chi connectivity index (χ1n) is 7.23. The van der Waals surface area contributed by atoms with Crippen molar-refractivity contribution in [1.29, 1.82) is 0 Å². The fourth-order valence-electron chi connectivity index (χ4n) is 2.01. The lowest BCUT2D eigenvalue weighted by Gasteiger charge is -2.11. The van der Waals surface area contributed by atoms with Crippen molar-refractivity contribution >= 4 is 49.4 Å². The van der Waals surface area contributed by atoms with E-state index in [0.717, 1.165) is 11.6 Å². The zero-order chi connectivity index (χ0) is 19.3. The van der Waals surface area contributed by atoms with Gasteiger partial charge >= 0.3 is 12.6 Å². The smallest absolute Gasteiger partial charge is 0.387 e. The average Bonchev–Trinajstić information content (AvgIpc) is 2.55. The molecule has 0 saturated heterocycles. The summed E-state index contributed by atoms with van der Waals surface area (Å²) in [4.78, 5) is 24.0. The Hall–Kier alpha value is -2.00. The van der Waals surface area contributed by atoms with Gasteiger partial charge < -0.3 is 14.8 Å². The van der Waals surface area contributed by atoms with Crippen molar-refractivity contribution < 1.29 is 27.8 Å². The zero-order valence-electron chi connectivity index (χ0n) is 13.4. The van der Waals surface area contributed by atoms with Crippen molar-refractivity contribution in [2.24, 2.45) is 0 Å². The quantitative estimate of drug-likeness (QED) is 0.581. The van der Waals surface area contributed by atoms with E-state index in [0.29, 0.717) is 14.6 Å². The number of nitrogens with one attached hydrogen (secondary N) is 1. The van der Waals surface area contributed by atoms with Crippen LogP contribution in [0.25, 0.3) is 0 Å². The highest BCUT2D eigenvalue weighted by Crippen LogP contribution is 2.32. The number of anilines is 1. The Morgan fingerprint density at radius 2 is 1.81 bits per heavy atom. The highest BCUT2D eigenvalue weighted by atomic mass is 79.9. The first-order chi connectivity index (χ1) is 12.3. The summed E-state index contributed by atoms with van der Waals surface area (Å²) in [5, 5.41) is 2.62. The summed E-state index contributed by atoms with van der Waals surface area (Å²) in [7, 11) is 0. The molecular weight excluding hydrogens is 480 g/mol. The van der Waals surface area contributed by atoms with Crippen LogP contribution in [0.3, 0.4) is 0 Å². The Kier molecular flexibility index (Phi) is 7.10. The van der Waals surface area contributed by atoms with E-state index in [1.165, 1.54) is 18.2 Å². The van der Waals surface area contributed by atoms with Gasteiger partial charge in [-0.3, -0.25) is 4.79 Å². The summed E-state index contributed by atoms with van der Waals surface area (Å²) >= 11 is 6.69. The number of carbonyl (C=O) groups excluding carboxylic acids is 2. The fraction of sp³-hybridized carbons (Fsp3) is 0.176. The summed E-state index contributed by atoms with van der Waals surface area (Å²) in [6, 6.07) is 8.77. The predicted molar refractivity (Wildman–Crippen MR) is 98.6 cm³/mol. The number of hydrogen-bond acceptors (Lipinski definition) is 4. The van der Waals surface area contributed by atoms with E-state index in [4.69, 9.17) is 4.74 Å². The molecule has 0 unspecified atom stereocenters. The van der Waals surface area contributed by atoms with Crippen LogP contribution < -0.4 is 10.1 Å². The molecule has 1 N–H and O–H groups in total. The van der Waals surface area contributed by atoms with Gasteiger partial charge in [0.15, 0.2) is 6.61 Å². The Labute approximate surface area is 164 Å². The lowest BCUT2D eigenvalue weighted by Crippen LogP contribution is -2.21. The minimum Gasteiger partial charge on any atom is -0.452 e. The molecule has 0 bridgehead atoms. The molecule has 2 aromatic rings. The second kappa shape index (κ2) is 9.09. The topological polar surface area (TPSA) is 64.6 Å². The number of ether oxygens (including phenoxy) is 2. The van der Waals surface area contributed by atoms with Gasteiger partial charge in [0.05, 0.1) is 11.3 Å². The van der Waals surface area contributed by atoms with E-state index in [9.17, 15) is 18.4 Å². The van der Waals surface area contributed by atoms with Crippen molar-refractivity contribution in [2.75, 3.05) is 11.9 Å². The van der Waals surface area contributed by atoms with Gasteiger partial charge in [0.1, 0.15) is 5.75 Å². The number of esters is 1. The predicted octanol–water partition coefficient (Wildman–Crippen LogP) is 4.92. The van der Waals surface area contributed by atoms with Crippen LogP contribution in [0.5, 0.6) is 5.75 Å². The Morgan fingerprint density at radius 3 is 2.42 bits per heavy atom. The van der Waals surface area contributed by atoms with Crippen LogP contribution in [0.1, 0.15) is 15.9 Å². The summed E-state index contributed by atoms with van der Waals surface area (Å²) in [5.41, 5.74) is 1.48. The minimum atomic E-state index is -3.00. The van der Waals surface area contributed by atoms with E-state index in [2.05, 4.69) is 41.9 Å². The summed E-state index contributed by atoms with van der Waals surface area (Å²) in [5.74, 6) is -1.56. The molecule has 1 amide bonds. The second-order valence-corrected chi connectivity index (χ2v) is 6.84. The molecule has 0 aliphatic rings. The maximum atomic E-state index is 12.2. The Morgan fingerprint density at radius 1 is 1.15 bits per heavy atom. The van der Waals surface area contributed by atoms with Crippen molar-refractivity contribution in [1.82, 2.24) is 0 Å². The molecule has 0 atom stereocenters. The number of alkyl halides is 2. The van der Waals surface area contributed by atoms with E-state index in [1.54, 1.807) is 0 Å². The number of rotatable bonds is 6. The van der Waals surface area contributed by atoms with E-state index >= 15 is 0 Å². The van der Waals surface area contributed by atoms with Crippen LogP contribution >= 0.6 is 31.9 Å². The van der Waals surface area contributed by atoms with Gasteiger partial charge in [0.2, 0.25) is 0 Å². The molecule has 0 saturated carbocycles. The fourth-order valence-corrected chi connectivity index (χ4v) is 3.62. The molecule has 9 heteroatoms. The summed E-state index contributed by atoms with van der Waals surface area (Å²) in [6.07, 6.45) is 0. The van der Waals surface area contributed by atoms with Crippen LogP contribution in [0.15, 0.2) is 45.3 Å². The number of carbonyl (C=O) groups is 2. The van der Waals surface area contributed by atoms with Gasteiger partial charge in [-0.2, -0.15) is 8.78 Å². The molecule has 26 heavy (non-hydrogen) atoms. The molecular formula is C17H13Br2F2NO4. The van der Waals surface area contributed by atoms with Crippen LogP contribution in [-0.2, 0) is 9.53 Å². The molecule has 0 aromatic heterocycles. The van der Waals surface area contributed by atoms with Crippen LogP contribution in [0.2, 0.25) is 0 Å². The Balaban J connectivity index is 1.96. The van der Waals surface area contributed by atoms with E-state index in [-0.39, 0.29) is 11.3 Å². The molecule has 5 nitrogen and oxygen atoms in total. The van der Waals surface area contributed by atoms with Gasteiger partial charge in [0, 0.05) is 8.95 Å². The standard InChI is InChI=1S/C17H13Br2F2NO4/c1-9-5-12(18)15(13(19)6-9)22-14(23)8-25-16(24)10-3-2-4-11(7-10)26-17(20)21/h2-7,17H,8H2,1H3,(H,22,23). The summed E-state index contributed by atoms with van der Waals surface area (Å²) in [6.45, 7) is -1.64. The number of halogens is 4. The van der Waals surface area contributed by atoms with Gasteiger partial charge in [-0.25, -0.2) is 4.79 Å². The second-order valence-electron chi connectivity index (χ2n) is 5.13. The highest BCUT2D eigenvalue weighted by molar-refractivity contribution is 9.11. The molecule has 2 rings (SSSR count). The van der Waals surface area contributed by atoms with Gasteiger partial charge in [-0.05, 0) is 74.7 Å². The lowest BCUT2D eigenvalue weighted by molar-refractivity contribution is -0.119. The molecule has 0 heterocycles. The van der Waals surface area contributed by atoms with Gasteiger partial charge in [0.25, 0.3) is 5.91 Å². The molecule has 0 fully saturated rings. The lowest BCUT2D eigenvalue weighted by atomic mass is 10.2. The van der Waals surface area contributed by atoms with Crippen molar-refractivity contribution in [3.63, 3.8) is 0 Å². The first kappa shape index (κ1) is 20.3. The van der Waals surface area contributed by atoms with Crippen molar-refractivity contribution in [3.05, 3.63) is 56.5 Å². The van der Waals surface area contributed by atoms with Crippen molar-refractivity contribution in [2.45, 2.75) is 13.5 Å². The minimum absolute atomic E-state index is 0.00588. The SMILES string of the molecule is Cc1cc(Br)c(NC(=O)COC(=O)c2cccc(OC(F)F)c2)c(Br)c1.